The molecular weight excluding hydrogens is 629 g/mol. The number of benzene rings is 2. The van der Waals surface area contributed by atoms with Crippen LogP contribution in [0.25, 0.3) is 23.1 Å². The minimum Gasteiger partial charge on any atom is -0.372 e. The minimum atomic E-state index is 1.19. The molecule has 0 spiro atoms. The highest BCUT2D eigenvalue weighted by molar-refractivity contribution is 5.88. The Balaban J connectivity index is 1.38. The van der Waals surface area contributed by atoms with Gasteiger partial charge in [-0.2, -0.15) is 0 Å². The van der Waals surface area contributed by atoms with E-state index in [-0.39, 0.29) is 0 Å². The van der Waals surface area contributed by atoms with E-state index < -0.39 is 0 Å². The van der Waals surface area contributed by atoms with E-state index in [2.05, 4.69) is 103 Å². The van der Waals surface area contributed by atoms with Crippen LogP contribution in [0.4, 0.5) is 5.69 Å². The van der Waals surface area contributed by atoms with E-state index in [4.69, 9.17) is 0 Å². The molecule has 2 nitrogen and oxygen atoms in total. The Morgan fingerprint density at radius 3 is 1.29 bits per heavy atom. The van der Waals surface area contributed by atoms with Crippen molar-refractivity contribution in [3.63, 3.8) is 0 Å². The maximum atomic E-state index is 2.69. The molecule has 0 fully saturated rings. The molecule has 3 rings (SSSR count). The lowest BCUT2D eigenvalue weighted by molar-refractivity contribution is -0.644. The molecule has 3 aromatic rings. The van der Waals surface area contributed by atoms with Crippen LogP contribution in [0.3, 0.4) is 0 Å². The fourth-order valence-electron chi connectivity index (χ4n) is 7.88. The second kappa shape index (κ2) is 29.8. The molecule has 0 bridgehead atoms. The molecule has 0 aliphatic rings. The summed E-state index contributed by atoms with van der Waals surface area (Å²) >= 11 is 0. The molecule has 0 aliphatic carbocycles. The van der Waals surface area contributed by atoms with Gasteiger partial charge in [-0.15, -0.1) is 0 Å². The summed E-state index contributed by atoms with van der Waals surface area (Å²) in [6.45, 7) is 7.00. The van der Waals surface area contributed by atoms with E-state index in [1.807, 2.05) is 0 Å². The van der Waals surface area contributed by atoms with Crippen molar-refractivity contribution in [2.75, 3.05) is 18.0 Å². The molecule has 0 amide bonds. The van der Waals surface area contributed by atoms with E-state index in [0.29, 0.717) is 0 Å². The second-order valence-corrected chi connectivity index (χ2v) is 16.0. The number of hydrogen-bond donors (Lipinski definition) is 0. The van der Waals surface area contributed by atoms with Crippen LogP contribution in [0.15, 0.2) is 60.8 Å². The molecule has 2 heteroatoms. The number of para-hydroxylation sites is 1. The summed E-state index contributed by atoms with van der Waals surface area (Å²) in [4.78, 5) is 2.69. The Morgan fingerprint density at radius 1 is 0.442 bits per heavy atom. The van der Waals surface area contributed by atoms with Gasteiger partial charge in [-0.05, 0) is 42.2 Å². The smallest absolute Gasteiger partial charge is 0.212 e. The van der Waals surface area contributed by atoms with Crippen molar-refractivity contribution < 1.29 is 4.57 Å². The van der Waals surface area contributed by atoms with Gasteiger partial charge in [-0.1, -0.05) is 217 Å². The predicted molar refractivity (Wildman–Crippen MR) is 233 cm³/mol. The van der Waals surface area contributed by atoms with Gasteiger partial charge in [0, 0.05) is 30.9 Å². The molecule has 290 valence electrons. The van der Waals surface area contributed by atoms with E-state index in [0.717, 1.165) is 0 Å². The van der Waals surface area contributed by atoms with Crippen molar-refractivity contribution in [1.29, 1.82) is 0 Å². The molecule has 0 radical (unpaired) electrons. The van der Waals surface area contributed by atoms with Crippen molar-refractivity contribution in [3.05, 3.63) is 71.9 Å². The Hall–Kier alpha value is -2.61. The highest BCUT2D eigenvalue weighted by atomic mass is 15.1. The van der Waals surface area contributed by atoms with Crippen LogP contribution in [-0.4, -0.2) is 13.1 Å². The zero-order valence-electron chi connectivity index (χ0n) is 34.5. The van der Waals surface area contributed by atoms with E-state index in [9.17, 15) is 0 Å². The number of aryl methyl sites for hydroxylation is 1. The van der Waals surface area contributed by atoms with Crippen molar-refractivity contribution in [2.45, 2.75) is 194 Å². The van der Waals surface area contributed by atoms with Crippen molar-refractivity contribution in [3.8, 4) is 0 Å². The van der Waals surface area contributed by atoms with Gasteiger partial charge in [0.1, 0.15) is 7.05 Å². The highest BCUT2D eigenvalue weighted by Gasteiger charge is 2.09. The SMILES string of the molecule is CCCCCCCCCCCCCCCCN(CCCCCCCCCCCCCCCC)c1ccc(/C=C/c2cc[n+](C)c3ccccc23)cc1. The first-order chi connectivity index (χ1) is 25.7. The molecule has 0 N–H and O–H groups in total. The predicted octanol–water partition coefficient (Wildman–Crippen LogP) is 15.6. The molecule has 0 saturated carbocycles. The third-order valence-electron chi connectivity index (χ3n) is 11.3. The monoisotopic (exact) mass is 710 g/mol. The van der Waals surface area contributed by atoms with Gasteiger partial charge in [-0.3, -0.25) is 0 Å². The molecule has 1 aromatic heterocycles. The van der Waals surface area contributed by atoms with E-state index in [1.165, 1.54) is 221 Å². The molecule has 0 saturated heterocycles. The average Bonchev–Trinajstić information content (AvgIpc) is 3.17. The van der Waals surface area contributed by atoms with Gasteiger partial charge in [0.2, 0.25) is 5.52 Å². The Labute approximate surface area is 322 Å². The van der Waals surface area contributed by atoms with E-state index in [1.54, 1.807) is 0 Å². The van der Waals surface area contributed by atoms with Gasteiger partial charge in [0.15, 0.2) is 6.20 Å². The van der Waals surface area contributed by atoms with Crippen molar-refractivity contribution >= 4 is 28.7 Å². The Morgan fingerprint density at radius 2 is 0.846 bits per heavy atom. The fourth-order valence-corrected chi connectivity index (χ4v) is 7.88. The number of fused-ring (bicyclic) bond motifs is 1. The van der Waals surface area contributed by atoms with Crippen LogP contribution in [0.5, 0.6) is 0 Å². The van der Waals surface area contributed by atoms with Crippen LogP contribution in [-0.2, 0) is 7.05 Å². The van der Waals surface area contributed by atoms with Gasteiger partial charge in [0.25, 0.3) is 0 Å². The number of pyridine rings is 1. The zero-order chi connectivity index (χ0) is 36.7. The molecule has 0 unspecified atom stereocenters. The summed E-state index contributed by atoms with van der Waals surface area (Å²) in [6.07, 6.45) is 46.5. The summed E-state index contributed by atoms with van der Waals surface area (Å²) in [5.74, 6) is 0. The molecule has 0 atom stereocenters. The number of anilines is 1. The average molecular weight is 710 g/mol. The second-order valence-electron chi connectivity index (χ2n) is 16.0. The molecule has 0 aliphatic heterocycles. The zero-order valence-corrected chi connectivity index (χ0v) is 34.5. The van der Waals surface area contributed by atoms with Gasteiger partial charge in [-0.25, -0.2) is 4.57 Å². The highest BCUT2D eigenvalue weighted by Crippen LogP contribution is 2.22. The van der Waals surface area contributed by atoms with Crippen LogP contribution >= 0.6 is 0 Å². The lowest BCUT2D eigenvalue weighted by atomic mass is 10.0. The minimum absolute atomic E-state index is 1.19. The third-order valence-corrected chi connectivity index (χ3v) is 11.3. The molecule has 2 aromatic carbocycles. The fraction of sp³-hybridized carbons (Fsp3) is 0.660. The maximum Gasteiger partial charge on any atom is 0.212 e. The van der Waals surface area contributed by atoms with E-state index >= 15 is 0 Å². The summed E-state index contributed by atoms with van der Waals surface area (Å²) in [5, 5.41) is 1.30. The standard InChI is InChI=1S/C50H81N2/c1-4-6-8-10-12-14-16-18-20-22-24-26-28-32-43-52(44-33-29-27-25-23-21-19-17-15-13-11-9-7-5-2)48-40-37-46(38-41-48)36-39-47-42-45-51(3)50-35-31-30-34-49(47)50/h30-31,34-42,45H,4-29,32-33,43-44H2,1-3H3/q+1. The lowest BCUT2D eigenvalue weighted by Gasteiger charge is -2.25. The van der Waals surface area contributed by atoms with Crippen LogP contribution in [0, 0.1) is 0 Å². The van der Waals surface area contributed by atoms with Crippen molar-refractivity contribution in [1.82, 2.24) is 0 Å². The number of rotatable bonds is 33. The van der Waals surface area contributed by atoms with Gasteiger partial charge < -0.3 is 4.90 Å². The summed E-state index contributed by atoms with van der Waals surface area (Å²) < 4.78 is 2.20. The first-order valence-corrected chi connectivity index (χ1v) is 22.6. The Kier molecular flexibility index (Phi) is 25.1. The number of hydrogen-bond acceptors (Lipinski definition) is 1. The molecule has 1 heterocycles. The summed E-state index contributed by atoms with van der Waals surface area (Å²) in [6, 6.07) is 20.3. The first-order valence-electron chi connectivity index (χ1n) is 22.6. The Bertz CT molecular complexity index is 1260. The summed E-state index contributed by atoms with van der Waals surface area (Å²) in [7, 11) is 2.12. The maximum absolute atomic E-state index is 2.69. The molecule has 52 heavy (non-hydrogen) atoms. The summed E-state index contributed by atoms with van der Waals surface area (Å²) in [5.41, 5.74) is 5.21. The first kappa shape index (κ1) is 43.8. The number of unbranched alkanes of at least 4 members (excludes halogenated alkanes) is 26. The topological polar surface area (TPSA) is 7.12 Å². The van der Waals surface area contributed by atoms with Gasteiger partial charge in [0.05, 0.1) is 5.39 Å². The van der Waals surface area contributed by atoms with Crippen molar-refractivity contribution in [2.24, 2.45) is 7.05 Å². The number of nitrogens with zero attached hydrogens (tertiary/aromatic N) is 2. The van der Waals surface area contributed by atoms with Crippen LogP contribution in [0.1, 0.15) is 205 Å². The number of aromatic nitrogens is 1. The normalized spacial score (nSPS) is 11.7. The van der Waals surface area contributed by atoms with Crippen LogP contribution in [0.2, 0.25) is 0 Å². The molecular formula is C50H81N2+. The lowest BCUT2D eigenvalue weighted by Crippen LogP contribution is -2.28. The van der Waals surface area contributed by atoms with Gasteiger partial charge >= 0.3 is 0 Å². The largest absolute Gasteiger partial charge is 0.372 e. The third kappa shape index (κ3) is 19.5. The van der Waals surface area contributed by atoms with Crippen LogP contribution < -0.4 is 9.47 Å². The quantitative estimate of drug-likeness (QED) is 0.0451.